The molecule has 1 unspecified atom stereocenters. The molecule has 1 aromatic carbocycles. The largest absolute Gasteiger partial charge is 0.493 e. The normalized spacial score (nSPS) is 19.8. The summed E-state index contributed by atoms with van der Waals surface area (Å²) in [6, 6.07) is 3.54. The van der Waals surface area contributed by atoms with Crippen molar-refractivity contribution in [3.8, 4) is 17.2 Å². The molecule has 1 aliphatic heterocycles. The highest BCUT2D eigenvalue weighted by Crippen LogP contribution is 2.40. The number of nitrogens with zero attached hydrogens (tertiary/aromatic N) is 2. The summed E-state index contributed by atoms with van der Waals surface area (Å²) < 4.78 is 22.1. The lowest BCUT2D eigenvalue weighted by atomic mass is 9.82. The van der Waals surface area contributed by atoms with Gasteiger partial charge in [0.1, 0.15) is 0 Å². The summed E-state index contributed by atoms with van der Waals surface area (Å²) in [6.45, 7) is 1.50. The van der Waals surface area contributed by atoms with Gasteiger partial charge in [0, 0.05) is 18.9 Å². The number of hydrazone groups is 1. The molecular weight excluding hydrogens is 324 g/mol. The zero-order chi connectivity index (χ0) is 18.0. The molecular formula is C18H24N2O5. The minimum Gasteiger partial charge on any atom is -0.493 e. The Morgan fingerprint density at radius 1 is 1.20 bits per heavy atom. The Labute approximate surface area is 147 Å². The monoisotopic (exact) mass is 348 g/mol. The van der Waals surface area contributed by atoms with Gasteiger partial charge in [-0.15, -0.1) is 5.10 Å². The highest BCUT2D eigenvalue weighted by Gasteiger charge is 2.35. The molecule has 2 aliphatic rings. The van der Waals surface area contributed by atoms with Gasteiger partial charge >= 0.3 is 0 Å². The third-order valence-electron chi connectivity index (χ3n) is 4.71. The highest BCUT2D eigenvalue weighted by molar-refractivity contribution is 5.97. The second-order valence-corrected chi connectivity index (χ2v) is 6.29. The van der Waals surface area contributed by atoms with Crippen molar-refractivity contribution in [3.05, 3.63) is 17.7 Å². The Balaban J connectivity index is 1.89. The van der Waals surface area contributed by atoms with Crippen LogP contribution in [-0.2, 0) is 9.53 Å². The molecule has 1 heterocycles. The number of rotatable bonds is 6. The SMILES string of the molecule is COc1cc(C2=NN(C(C)=O)C(CC3CCC3)O2)cc(OC)c1OC. The van der Waals surface area contributed by atoms with Crippen LogP contribution in [0.25, 0.3) is 0 Å². The first kappa shape index (κ1) is 17.4. The maximum atomic E-state index is 11.9. The van der Waals surface area contributed by atoms with Crippen molar-refractivity contribution in [3.63, 3.8) is 0 Å². The van der Waals surface area contributed by atoms with Crippen molar-refractivity contribution in [1.82, 2.24) is 5.01 Å². The second-order valence-electron chi connectivity index (χ2n) is 6.29. The lowest BCUT2D eigenvalue weighted by Crippen LogP contribution is -2.35. The molecule has 1 fully saturated rings. The third kappa shape index (κ3) is 3.36. The van der Waals surface area contributed by atoms with E-state index in [0.717, 1.165) is 6.42 Å². The van der Waals surface area contributed by atoms with E-state index >= 15 is 0 Å². The van der Waals surface area contributed by atoms with Gasteiger partial charge in [-0.2, -0.15) is 5.01 Å². The minimum atomic E-state index is -0.350. The van der Waals surface area contributed by atoms with E-state index in [0.29, 0.717) is 34.6 Å². The van der Waals surface area contributed by atoms with Gasteiger partial charge in [0.2, 0.25) is 17.6 Å². The zero-order valence-electron chi connectivity index (χ0n) is 15.1. The van der Waals surface area contributed by atoms with Crippen LogP contribution in [0.4, 0.5) is 0 Å². The van der Waals surface area contributed by atoms with Crippen LogP contribution in [0.3, 0.4) is 0 Å². The van der Waals surface area contributed by atoms with Crippen molar-refractivity contribution in [2.45, 2.75) is 38.8 Å². The Hall–Kier alpha value is -2.44. The van der Waals surface area contributed by atoms with E-state index in [-0.39, 0.29) is 12.1 Å². The summed E-state index contributed by atoms with van der Waals surface area (Å²) in [4.78, 5) is 11.9. The number of ether oxygens (including phenoxy) is 4. The van der Waals surface area contributed by atoms with Crippen LogP contribution < -0.4 is 14.2 Å². The molecule has 7 nitrogen and oxygen atoms in total. The molecule has 1 atom stereocenters. The molecule has 0 aromatic heterocycles. The van der Waals surface area contributed by atoms with Crippen LogP contribution in [-0.4, -0.2) is 44.4 Å². The van der Waals surface area contributed by atoms with Crippen molar-refractivity contribution in [2.75, 3.05) is 21.3 Å². The van der Waals surface area contributed by atoms with E-state index in [4.69, 9.17) is 18.9 Å². The topological polar surface area (TPSA) is 69.6 Å². The van der Waals surface area contributed by atoms with Gasteiger partial charge in [0.25, 0.3) is 0 Å². The van der Waals surface area contributed by atoms with Crippen LogP contribution in [0, 0.1) is 5.92 Å². The molecule has 136 valence electrons. The van der Waals surface area contributed by atoms with Crippen molar-refractivity contribution < 1.29 is 23.7 Å². The molecule has 0 N–H and O–H groups in total. The average molecular weight is 348 g/mol. The Morgan fingerprint density at radius 2 is 1.84 bits per heavy atom. The van der Waals surface area contributed by atoms with Gasteiger partial charge in [-0.25, -0.2) is 0 Å². The van der Waals surface area contributed by atoms with Crippen LogP contribution in [0.2, 0.25) is 0 Å². The summed E-state index contributed by atoms with van der Waals surface area (Å²) in [5, 5.41) is 5.81. The van der Waals surface area contributed by atoms with Gasteiger partial charge in [0.05, 0.1) is 21.3 Å². The van der Waals surface area contributed by atoms with Crippen LogP contribution in [0.15, 0.2) is 17.2 Å². The predicted molar refractivity (Wildman–Crippen MR) is 92.0 cm³/mol. The first-order chi connectivity index (χ1) is 12.1. The highest BCUT2D eigenvalue weighted by atomic mass is 16.5. The van der Waals surface area contributed by atoms with E-state index < -0.39 is 0 Å². The summed E-state index contributed by atoms with van der Waals surface area (Å²) in [7, 11) is 4.66. The Bertz CT molecular complexity index is 659. The molecule has 25 heavy (non-hydrogen) atoms. The summed E-state index contributed by atoms with van der Waals surface area (Å²) in [5.74, 6) is 2.38. The molecule has 1 aliphatic carbocycles. The number of methoxy groups -OCH3 is 3. The summed E-state index contributed by atoms with van der Waals surface area (Å²) >= 11 is 0. The number of hydrogen-bond acceptors (Lipinski definition) is 6. The standard InChI is InChI=1S/C18H24N2O5/c1-11(21)20-16(8-12-6-5-7-12)25-18(19-20)13-9-14(22-2)17(24-4)15(10-13)23-3/h9-10,12,16H,5-8H2,1-4H3. The molecule has 1 amide bonds. The van der Waals surface area contributed by atoms with Gasteiger partial charge < -0.3 is 18.9 Å². The second kappa shape index (κ2) is 7.21. The van der Waals surface area contributed by atoms with Gasteiger partial charge in [0.15, 0.2) is 17.7 Å². The maximum absolute atomic E-state index is 11.9. The lowest BCUT2D eigenvalue weighted by molar-refractivity contribution is -0.136. The fourth-order valence-corrected chi connectivity index (χ4v) is 3.13. The first-order valence-electron chi connectivity index (χ1n) is 8.42. The lowest BCUT2D eigenvalue weighted by Gasteiger charge is -2.29. The van der Waals surface area contributed by atoms with Crippen LogP contribution in [0.1, 0.15) is 38.2 Å². The van der Waals surface area contributed by atoms with Crippen molar-refractivity contribution >= 4 is 11.8 Å². The Morgan fingerprint density at radius 3 is 2.28 bits per heavy atom. The zero-order valence-corrected chi connectivity index (χ0v) is 15.1. The van der Waals surface area contributed by atoms with Crippen molar-refractivity contribution in [2.24, 2.45) is 11.0 Å². The molecule has 0 spiro atoms. The molecule has 0 saturated heterocycles. The van der Waals surface area contributed by atoms with E-state index in [1.165, 1.54) is 31.2 Å². The molecule has 0 radical (unpaired) electrons. The number of benzene rings is 1. The molecule has 0 bridgehead atoms. The Kier molecular flexibility index (Phi) is 5.01. The smallest absolute Gasteiger partial charge is 0.242 e. The van der Waals surface area contributed by atoms with E-state index in [1.807, 2.05) is 0 Å². The predicted octanol–water partition coefficient (Wildman–Crippen LogP) is 2.77. The van der Waals surface area contributed by atoms with E-state index in [1.54, 1.807) is 33.5 Å². The van der Waals surface area contributed by atoms with Crippen LogP contribution in [0.5, 0.6) is 17.2 Å². The molecule has 1 aromatic rings. The van der Waals surface area contributed by atoms with Gasteiger partial charge in [-0.3, -0.25) is 4.79 Å². The number of carbonyl (C=O) groups is 1. The third-order valence-corrected chi connectivity index (χ3v) is 4.71. The van der Waals surface area contributed by atoms with E-state index in [9.17, 15) is 4.79 Å². The summed E-state index contributed by atoms with van der Waals surface area (Å²) in [5.41, 5.74) is 0.678. The van der Waals surface area contributed by atoms with E-state index in [2.05, 4.69) is 5.10 Å². The first-order valence-corrected chi connectivity index (χ1v) is 8.42. The van der Waals surface area contributed by atoms with Crippen LogP contribution >= 0.6 is 0 Å². The van der Waals surface area contributed by atoms with Gasteiger partial charge in [-0.1, -0.05) is 19.3 Å². The molecule has 1 saturated carbocycles. The maximum Gasteiger partial charge on any atom is 0.242 e. The fourth-order valence-electron chi connectivity index (χ4n) is 3.13. The number of carbonyl (C=O) groups excluding carboxylic acids is 1. The molecule has 7 heteroatoms. The minimum absolute atomic E-state index is 0.133. The molecule has 3 rings (SSSR count). The quantitative estimate of drug-likeness (QED) is 0.791. The van der Waals surface area contributed by atoms with Crippen molar-refractivity contribution in [1.29, 1.82) is 0 Å². The van der Waals surface area contributed by atoms with Gasteiger partial charge in [-0.05, 0) is 18.1 Å². The summed E-state index contributed by atoms with van der Waals surface area (Å²) in [6.07, 6.45) is 4.07. The fraction of sp³-hybridized carbons (Fsp3) is 0.556. The number of amides is 1. The average Bonchev–Trinajstić information content (AvgIpc) is 3.01. The number of hydrogen-bond donors (Lipinski definition) is 0.